The quantitative estimate of drug-likeness (QED) is 0.709. The molecule has 0 aliphatic carbocycles. The molecule has 98 valence electrons. The van der Waals surface area contributed by atoms with Crippen LogP contribution in [0.2, 0.25) is 0 Å². The Morgan fingerprint density at radius 3 is 1.94 bits per heavy atom. The van der Waals surface area contributed by atoms with Crippen LogP contribution >= 0.6 is 0 Å². The number of rotatable bonds is 4. The lowest BCUT2D eigenvalue weighted by atomic mass is 9.86. The first kappa shape index (κ1) is 16.5. The smallest absolute Gasteiger partial charge is 0.0770 e. The molecule has 1 aromatic rings. The van der Waals surface area contributed by atoms with Gasteiger partial charge in [-0.3, -0.25) is 0 Å². The lowest BCUT2D eigenvalue weighted by Gasteiger charge is -2.19. The molecule has 0 fully saturated rings. The highest BCUT2D eigenvalue weighted by atomic mass is 35.5. The fourth-order valence-electron chi connectivity index (χ4n) is 1.82. The highest BCUT2D eigenvalue weighted by molar-refractivity contribution is 5.27. The van der Waals surface area contributed by atoms with Gasteiger partial charge in [0.2, 0.25) is 0 Å². The molecule has 0 radical (unpaired) electrons. The zero-order chi connectivity index (χ0) is 12.2. The Hall–Kier alpha value is -0.530. The average molecular weight is 256 g/mol. The van der Waals surface area contributed by atoms with Gasteiger partial charge in [-0.1, -0.05) is 45.0 Å². The molecule has 0 aliphatic rings. The molecular weight excluding hydrogens is 230 g/mol. The minimum Gasteiger partial charge on any atom is -1.00 e. The Kier molecular flexibility index (Phi) is 6.81. The van der Waals surface area contributed by atoms with Crippen LogP contribution < -0.4 is 17.3 Å². The summed E-state index contributed by atoms with van der Waals surface area (Å²) in [5.41, 5.74) is 3.16. The van der Waals surface area contributed by atoms with E-state index in [0.29, 0.717) is 0 Å². The summed E-state index contributed by atoms with van der Waals surface area (Å²) in [7, 11) is 4.42. The molecule has 17 heavy (non-hydrogen) atoms. The van der Waals surface area contributed by atoms with Gasteiger partial charge in [-0.05, 0) is 23.0 Å². The van der Waals surface area contributed by atoms with Crippen molar-refractivity contribution in [2.24, 2.45) is 0 Å². The van der Waals surface area contributed by atoms with Crippen LogP contribution in [0, 0.1) is 0 Å². The standard InChI is InChI=1S/C15H25N.ClH/c1-15(2,3)14-10-8-13(9-11-14)7-6-12-16(4)5;/h8-11H,6-7,12H2,1-5H3;1H. The van der Waals surface area contributed by atoms with E-state index in [-0.39, 0.29) is 17.8 Å². The summed E-state index contributed by atoms with van der Waals surface area (Å²) >= 11 is 0. The topological polar surface area (TPSA) is 4.44 Å². The predicted molar refractivity (Wildman–Crippen MR) is 71.1 cm³/mol. The Morgan fingerprint density at radius 1 is 1.00 bits per heavy atom. The molecule has 0 saturated carbocycles. The van der Waals surface area contributed by atoms with Crippen molar-refractivity contribution in [3.8, 4) is 0 Å². The molecule has 0 unspecified atom stereocenters. The minimum absolute atomic E-state index is 0. The lowest BCUT2D eigenvalue weighted by molar-refractivity contribution is -0.858. The molecule has 0 amide bonds. The molecular formula is C15H26ClN. The molecule has 0 bridgehead atoms. The normalized spacial score (nSPS) is 11.4. The second kappa shape index (κ2) is 7.03. The van der Waals surface area contributed by atoms with Gasteiger partial charge < -0.3 is 17.3 Å². The van der Waals surface area contributed by atoms with Crippen molar-refractivity contribution in [3.63, 3.8) is 0 Å². The van der Waals surface area contributed by atoms with Crippen molar-refractivity contribution < 1.29 is 17.3 Å². The van der Waals surface area contributed by atoms with E-state index >= 15 is 0 Å². The number of aryl methyl sites for hydroxylation is 1. The predicted octanol–water partition coefficient (Wildman–Crippen LogP) is -0.935. The summed E-state index contributed by atoms with van der Waals surface area (Å²) in [6.45, 7) is 8.03. The van der Waals surface area contributed by atoms with E-state index < -0.39 is 0 Å². The molecule has 0 spiro atoms. The molecule has 0 atom stereocenters. The number of quaternary nitrogens is 1. The first-order valence-corrected chi connectivity index (χ1v) is 6.28. The summed E-state index contributed by atoms with van der Waals surface area (Å²) in [5.74, 6) is 0. The summed E-state index contributed by atoms with van der Waals surface area (Å²) in [4.78, 5) is 1.53. The maximum absolute atomic E-state index is 2.28. The van der Waals surface area contributed by atoms with Crippen LogP contribution in [0.1, 0.15) is 38.3 Å². The minimum atomic E-state index is 0. The summed E-state index contributed by atoms with van der Waals surface area (Å²) in [6.07, 6.45) is 2.48. The fraction of sp³-hybridized carbons (Fsp3) is 0.600. The van der Waals surface area contributed by atoms with Gasteiger partial charge in [0.25, 0.3) is 0 Å². The van der Waals surface area contributed by atoms with Crippen molar-refractivity contribution in [2.45, 2.75) is 39.0 Å². The SMILES string of the molecule is C[NH+](C)CCCc1ccc(C(C)(C)C)cc1.[Cl-]. The van der Waals surface area contributed by atoms with Gasteiger partial charge >= 0.3 is 0 Å². The van der Waals surface area contributed by atoms with Gasteiger partial charge in [-0.15, -0.1) is 0 Å². The maximum Gasteiger partial charge on any atom is 0.0770 e. The third-order valence-corrected chi connectivity index (χ3v) is 2.96. The first-order chi connectivity index (χ1) is 7.39. The Balaban J connectivity index is 0.00000256. The number of hydrogen-bond donors (Lipinski definition) is 1. The van der Waals surface area contributed by atoms with Crippen molar-refractivity contribution >= 4 is 0 Å². The van der Waals surface area contributed by atoms with Gasteiger partial charge in [0.1, 0.15) is 0 Å². The van der Waals surface area contributed by atoms with Crippen LogP contribution in [0.25, 0.3) is 0 Å². The zero-order valence-corrected chi connectivity index (χ0v) is 12.6. The number of hydrogen-bond acceptors (Lipinski definition) is 0. The number of halogens is 1. The molecule has 0 saturated heterocycles. The van der Waals surface area contributed by atoms with Crippen LogP contribution in [-0.2, 0) is 11.8 Å². The average Bonchev–Trinajstić information content (AvgIpc) is 2.16. The third-order valence-electron chi connectivity index (χ3n) is 2.96. The molecule has 1 N–H and O–H groups in total. The lowest BCUT2D eigenvalue weighted by Crippen LogP contribution is -3.05. The van der Waals surface area contributed by atoms with E-state index in [1.165, 1.54) is 35.4 Å². The van der Waals surface area contributed by atoms with Gasteiger partial charge in [-0.2, -0.15) is 0 Å². The van der Waals surface area contributed by atoms with Crippen LogP contribution in [-0.4, -0.2) is 20.6 Å². The van der Waals surface area contributed by atoms with E-state index in [1.807, 2.05) is 0 Å². The summed E-state index contributed by atoms with van der Waals surface area (Å²) in [6, 6.07) is 9.12. The molecule has 0 aromatic heterocycles. The highest BCUT2D eigenvalue weighted by Crippen LogP contribution is 2.22. The van der Waals surface area contributed by atoms with Crippen molar-refractivity contribution in [3.05, 3.63) is 35.4 Å². The molecule has 0 aliphatic heterocycles. The van der Waals surface area contributed by atoms with E-state index in [9.17, 15) is 0 Å². The second-order valence-corrected chi connectivity index (χ2v) is 6.01. The van der Waals surface area contributed by atoms with Crippen LogP contribution in [0.3, 0.4) is 0 Å². The third kappa shape index (κ3) is 6.09. The van der Waals surface area contributed by atoms with Gasteiger partial charge in [0.05, 0.1) is 20.6 Å². The Bertz CT molecular complexity index is 309. The van der Waals surface area contributed by atoms with Gasteiger partial charge in [0.15, 0.2) is 0 Å². The van der Waals surface area contributed by atoms with Crippen molar-refractivity contribution in [1.82, 2.24) is 0 Å². The summed E-state index contributed by atoms with van der Waals surface area (Å²) in [5, 5.41) is 0. The highest BCUT2D eigenvalue weighted by Gasteiger charge is 2.12. The first-order valence-electron chi connectivity index (χ1n) is 6.28. The maximum atomic E-state index is 2.28. The molecule has 1 rings (SSSR count). The number of benzene rings is 1. The second-order valence-electron chi connectivity index (χ2n) is 6.01. The zero-order valence-electron chi connectivity index (χ0n) is 11.8. The van der Waals surface area contributed by atoms with Crippen LogP contribution in [0.4, 0.5) is 0 Å². The van der Waals surface area contributed by atoms with Gasteiger partial charge in [-0.25, -0.2) is 0 Å². The van der Waals surface area contributed by atoms with E-state index in [4.69, 9.17) is 0 Å². The van der Waals surface area contributed by atoms with Crippen molar-refractivity contribution in [1.29, 1.82) is 0 Å². The summed E-state index contributed by atoms with van der Waals surface area (Å²) < 4.78 is 0. The largest absolute Gasteiger partial charge is 1.00 e. The fourth-order valence-corrected chi connectivity index (χ4v) is 1.82. The molecule has 1 aromatic carbocycles. The van der Waals surface area contributed by atoms with Gasteiger partial charge in [0, 0.05) is 6.42 Å². The Morgan fingerprint density at radius 2 is 1.53 bits per heavy atom. The Labute approximate surface area is 113 Å². The number of nitrogens with one attached hydrogen (secondary N) is 1. The molecule has 1 nitrogen and oxygen atoms in total. The van der Waals surface area contributed by atoms with E-state index in [0.717, 1.165) is 0 Å². The van der Waals surface area contributed by atoms with Crippen molar-refractivity contribution in [2.75, 3.05) is 20.6 Å². The van der Waals surface area contributed by atoms with E-state index in [2.05, 4.69) is 59.1 Å². The van der Waals surface area contributed by atoms with E-state index in [1.54, 1.807) is 0 Å². The van der Waals surface area contributed by atoms with Crippen LogP contribution in [0.5, 0.6) is 0 Å². The molecule has 2 heteroatoms. The molecule has 0 heterocycles. The van der Waals surface area contributed by atoms with Crippen LogP contribution in [0.15, 0.2) is 24.3 Å². The monoisotopic (exact) mass is 255 g/mol.